The van der Waals surface area contributed by atoms with E-state index < -0.39 is 5.91 Å². The SMILES string of the molecule is O=C(NNC(=S)Nc1ccc(Cl)cc1)c1ccc(COc2ccccc2Cl)o1. The van der Waals surface area contributed by atoms with Crippen molar-refractivity contribution < 1.29 is 13.9 Å². The van der Waals surface area contributed by atoms with Crippen LogP contribution >= 0.6 is 35.4 Å². The number of nitrogens with one attached hydrogen (secondary N) is 3. The average Bonchev–Trinajstić information content (AvgIpc) is 3.16. The van der Waals surface area contributed by atoms with E-state index in [0.717, 1.165) is 5.69 Å². The third-order valence-electron chi connectivity index (χ3n) is 3.48. The van der Waals surface area contributed by atoms with Gasteiger partial charge in [0, 0.05) is 10.7 Å². The highest BCUT2D eigenvalue weighted by atomic mass is 35.5. The van der Waals surface area contributed by atoms with Crippen LogP contribution in [-0.4, -0.2) is 11.0 Å². The fraction of sp³-hybridized carbons (Fsp3) is 0.0526. The summed E-state index contributed by atoms with van der Waals surface area (Å²) in [5, 5.41) is 4.23. The third-order valence-corrected chi connectivity index (χ3v) is 4.25. The molecule has 0 fully saturated rings. The van der Waals surface area contributed by atoms with Gasteiger partial charge in [-0.15, -0.1) is 0 Å². The normalized spacial score (nSPS) is 10.2. The Bertz CT molecular complexity index is 977. The fourth-order valence-electron chi connectivity index (χ4n) is 2.16. The first-order valence-electron chi connectivity index (χ1n) is 8.10. The molecule has 6 nitrogen and oxygen atoms in total. The molecule has 0 saturated carbocycles. The number of halogens is 2. The standard InChI is InChI=1S/C19H15Cl2N3O3S/c20-12-5-7-13(8-6-12)22-19(28)24-23-18(25)17-10-9-14(27-17)11-26-16-4-2-1-3-15(16)21/h1-10H,11H2,(H,23,25)(H2,22,24,28). The Hall–Kier alpha value is -2.74. The maximum absolute atomic E-state index is 12.2. The summed E-state index contributed by atoms with van der Waals surface area (Å²) in [6.45, 7) is 0.140. The minimum atomic E-state index is -0.482. The lowest BCUT2D eigenvalue weighted by molar-refractivity contribution is 0.0912. The zero-order chi connectivity index (χ0) is 19.9. The van der Waals surface area contributed by atoms with E-state index in [1.807, 2.05) is 12.1 Å². The van der Waals surface area contributed by atoms with Crippen LogP contribution in [-0.2, 0) is 6.61 Å². The van der Waals surface area contributed by atoms with Gasteiger partial charge in [0.15, 0.2) is 10.9 Å². The summed E-state index contributed by atoms with van der Waals surface area (Å²) in [6, 6.07) is 17.3. The molecular formula is C19H15Cl2N3O3S. The number of furan rings is 1. The number of amides is 1. The molecule has 0 bridgehead atoms. The zero-order valence-corrected chi connectivity index (χ0v) is 16.7. The lowest BCUT2D eigenvalue weighted by Crippen LogP contribution is -2.43. The molecule has 0 unspecified atom stereocenters. The maximum atomic E-state index is 12.2. The molecule has 3 N–H and O–H groups in total. The number of para-hydroxylation sites is 1. The van der Waals surface area contributed by atoms with Crippen LogP contribution in [0.1, 0.15) is 16.3 Å². The van der Waals surface area contributed by atoms with E-state index >= 15 is 0 Å². The Morgan fingerprint density at radius 1 is 1.00 bits per heavy atom. The number of hydrogen-bond acceptors (Lipinski definition) is 4. The van der Waals surface area contributed by atoms with E-state index in [2.05, 4.69) is 16.2 Å². The van der Waals surface area contributed by atoms with E-state index in [1.165, 1.54) is 6.07 Å². The van der Waals surface area contributed by atoms with Gasteiger partial charge < -0.3 is 14.5 Å². The first-order valence-corrected chi connectivity index (χ1v) is 9.26. The van der Waals surface area contributed by atoms with Gasteiger partial charge in [0.1, 0.15) is 18.1 Å². The van der Waals surface area contributed by atoms with Gasteiger partial charge in [-0.25, -0.2) is 0 Å². The number of carbonyl (C=O) groups excluding carboxylic acids is 1. The van der Waals surface area contributed by atoms with Crippen LogP contribution in [0.4, 0.5) is 5.69 Å². The molecule has 3 aromatic rings. The molecule has 1 aromatic heterocycles. The number of carbonyl (C=O) groups is 1. The van der Waals surface area contributed by atoms with Crippen LogP contribution in [0, 0.1) is 0 Å². The van der Waals surface area contributed by atoms with E-state index in [4.69, 9.17) is 44.6 Å². The molecule has 9 heteroatoms. The second kappa shape index (κ2) is 9.45. The fourth-order valence-corrected chi connectivity index (χ4v) is 2.64. The van der Waals surface area contributed by atoms with Crippen LogP contribution < -0.4 is 20.9 Å². The number of hydrazine groups is 1. The van der Waals surface area contributed by atoms with Gasteiger partial charge in [-0.05, 0) is 60.7 Å². The molecule has 0 aliphatic heterocycles. The second-order valence-electron chi connectivity index (χ2n) is 5.53. The van der Waals surface area contributed by atoms with Crippen LogP contribution in [0.5, 0.6) is 5.75 Å². The van der Waals surface area contributed by atoms with Crippen molar-refractivity contribution in [1.82, 2.24) is 10.9 Å². The van der Waals surface area contributed by atoms with Crippen LogP contribution in [0.3, 0.4) is 0 Å². The lowest BCUT2D eigenvalue weighted by Gasteiger charge is -2.10. The molecular weight excluding hydrogens is 421 g/mol. The maximum Gasteiger partial charge on any atom is 0.305 e. The molecule has 3 rings (SSSR count). The van der Waals surface area contributed by atoms with Crippen LogP contribution in [0.15, 0.2) is 65.1 Å². The van der Waals surface area contributed by atoms with E-state index in [1.54, 1.807) is 42.5 Å². The second-order valence-corrected chi connectivity index (χ2v) is 6.78. The molecule has 28 heavy (non-hydrogen) atoms. The van der Waals surface area contributed by atoms with Crippen molar-refractivity contribution in [2.75, 3.05) is 5.32 Å². The average molecular weight is 436 g/mol. The van der Waals surface area contributed by atoms with Crippen molar-refractivity contribution in [2.45, 2.75) is 6.61 Å². The number of hydrogen-bond donors (Lipinski definition) is 3. The van der Waals surface area contributed by atoms with Gasteiger partial charge >= 0.3 is 5.91 Å². The third kappa shape index (κ3) is 5.63. The van der Waals surface area contributed by atoms with E-state index in [9.17, 15) is 4.79 Å². The summed E-state index contributed by atoms with van der Waals surface area (Å²) in [4.78, 5) is 12.2. The molecule has 2 aromatic carbocycles. The van der Waals surface area contributed by atoms with Crippen molar-refractivity contribution in [3.05, 3.63) is 82.2 Å². The molecule has 0 atom stereocenters. The molecule has 144 valence electrons. The Morgan fingerprint density at radius 3 is 2.50 bits per heavy atom. The smallest absolute Gasteiger partial charge is 0.305 e. The van der Waals surface area contributed by atoms with Crippen LogP contribution in [0.2, 0.25) is 10.0 Å². The Morgan fingerprint density at radius 2 is 1.75 bits per heavy atom. The van der Waals surface area contributed by atoms with Crippen molar-refractivity contribution in [3.63, 3.8) is 0 Å². The summed E-state index contributed by atoms with van der Waals surface area (Å²) >= 11 is 17.0. The summed E-state index contributed by atoms with van der Waals surface area (Å²) < 4.78 is 11.0. The van der Waals surface area contributed by atoms with Crippen molar-refractivity contribution in [1.29, 1.82) is 0 Å². The number of anilines is 1. The summed E-state index contributed by atoms with van der Waals surface area (Å²) in [5.41, 5.74) is 5.78. The Balaban J connectivity index is 1.47. The van der Waals surface area contributed by atoms with Gasteiger partial charge in [0.2, 0.25) is 0 Å². The lowest BCUT2D eigenvalue weighted by atomic mass is 10.3. The molecule has 1 heterocycles. The predicted molar refractivity (Wildman–Crippen MR) is 113 cm³/mol. The number of benzene rings is 2. The number of ether oxygens (including phenoxy) is 1. The summed E-state index contributed by atoms with van der Waals surface area (Å²) in [7, 11) is 0. The summed E-state index contributed by atoms with van der Waals surface area (Å²) in [6.07, 6.45) is 0. The van der Waals surface area contributed by atoms with Crippen LogP contribution in [0.25, 0.3) is 0 Å². The molecule has 0 spiro atoms. The quantitative estimate of drug-likeness (QED) is 0.394. The van der Waals surface area contributed by atoms with Crippen molar-refractivity contribution in [2.24, 2.45) is 0 Å². The topological polar surface area (TPSA) is 75.5 Å². The van der Waals surface area contributed by atoms with Gasteiger partial charge in [0.05, 0.1) is 5.02 Å². The van der Waals surface area contributed by atoms with Gasteiger partial charge in [-0.2, -0.15) is 0 Å². The molecule has 0 aliphatic carbocycles. The molecule has 1 amide bonds. The van der Waals surface area contributed by atoms with Crippen molar-refractivity contribution >= 4 is 52.1 Å². The predicted octanol–water partition coefficient (Wildman–Crippen LogP) is 4.80. The molecule has 0 aliphatic rings. The highest BCUT2D eigenvalue weighted by molar-refractivity contribution is 7.80. The summed E-state index contributed by atoms with van der Waals surface area (Å²) in [5.74, 6) is 0.641. The van der Waals surface area contributed by atoms with Gasteiger partial charge in [-0.1, -0.05) is 35.3 Å². The van der Waals surface area contributed by atoms with E-state index in [-0.39, 0.29) is 17.5 Å². The molecule has 0 saturated heterocycles. The highest BCUT2D eigenvalue weighted by Crippen LogP contribution is 2.24. The minimum absolute atomic E-state index is 0.111. The monoisotopic (exact) mass is 435 g/mol. The first kappa shape index (κ1) is 20.0. The van der Waals surface area contributed by atoms with Crippen molar-refractivity contribution in [3.8, 4) is 5.75 Å². The van der Waals surface area contributed by atoms with E-state index in [0.29, 0.717) is 21.6 Å². The number of thiocarbonyl (C=S) groups is 1. The first-order chi connectivity index (χ1) is 13.5. The zero-order valence-electron chi connectivity index (χ0n) is 14.4. The van der Waals surface area contributed by atoms with Gasteiger partial charge in [-0.3, -0.25) is 15.6 Å². The highest BCUT2D eigenvalue weighted by Gasteiger charge is 2.12. The Labute approximate surface area is 176 Å². The largest absolute Gasteiger partial charge is 0.484 e. The van der Waals surface area contributed by atoms with Gasteiger partial charge in [0.25, 0.3) is 0 Å². The Kier molecular flexibility index (Phi) is 6.76. The minimum Gasteiger partial charge on any atom is -0.484 e. The number of rotatable bonds is 5. The molecule has 0 radical (unpaired) electrons.